The Kier molecular flexibility index (Phi) is 2.84. The second-order valence-electron chi connectivity index (χ2n) is 6.57. The van der Waals surface area contributed by atoms with Crippen molar-refractivity contribution in [3.63, 3.8) is 0 Å². The smallest absolute Gasteiger partial charge is 0.224 e. The fourth-order valence-electron chi connectivity index (χ4n) is 4.14. The van der Waals surface area contributed by atoms with Crippen molar-refractivity contribution in [2.75, 3.05) is 19.1 Å². The van der Waals surface area contributed by atoms with E-state index < -0.39 is 0 Å². The lowest BCUT2D eigenvalue weighted by atomic mass is 9.93. The van der Waals surface area contributed by atoms with Gasteiger partial charge < -0.3 is 9.64 Å². The largest absolute Gasteiger partial charge is 0.497 e. The summed E-state index contributed by atoms with van der Waals surface area (Å²) in [5.74, 6) is 0.888. The number of fused-ring (bicyclic) bond motifs is 4. The minimum absolute atomic E-state index is 0.888. The Balaban J connectivity index is 2.11. The molecule has 0 atom stereocenters. The summed E-state index contributed by atoms with van der Waals surface area (Å²) < 4.78 is 7.93. The van der Waals surface area contributed by atoms with E-state index in [0.29, 0.717) is 0 Å². The maximum Gasteiger partial charge on any atom is 0.224 e. The van der Waals surface area contributed by atoms with Gasteiger partial charge in [0.25, 0.3) is 0 Å². The molecule has 0 saturated carbocycles. The van der Waals surface area contributed by atoms with Crippen LogP contribution in [0.4, 0.5) is 11.4 Å². The summed E-state index contributed by atoms with van der Waals surface area (Å²) in [7, 11) is 6.02. The molecule has 4 aromatic rings. The second-order valence-corrected chi connectivity index (χ2v) is 6.57. The van der Waals surface area contributed by atoms with E-state index in [1.165, 1.54) is 44.3 Å². The van der Waals surface area contributed by atoms with Crippen molar-refractivity contribution in [3.8, 4) is 17.0 Å². The minimum atomic E-state index is 0.888. The van der Waals surface area contributed by atoms with Gasteiger partial charge in [0.15, 0.2) is 0 Å². The van der Waals surface area contributed by atoms with E-state index in [1.807, 2.05) is 0 Å². The van der Waals surface area contributed by atoms with Gasteiger partial charge in [-0.1, -0.05) is 24.3 Å². The van der Waals surface area contributed by atoms with Gasteiger partial charge in [-0.25, -0.2) is 0 Å². The molecule has 0 fully saturated rings. The van der Waals surface area contributed by atoms with Gasteiger partial charge in [0.1, 0.15) is 12.8 Å². The molecule has 1 aliphatic heterocycles. The molecule has 5 rings (SSSR count). The minimum Gasteiger partial charge on any atom is -0.497 e. The highest BCUT2D eigenvalue weighted by Crippen LogP contribution is 2.48. The molecule has 122 valence electrons. The van der Waals surface area contributed by atoms with Gasteiger partial charge in [-0.3, -0.25) is 0 Å². The number of hydrogen-bond acceptors (Lipinski definition) is 2. The van der Waals surface area contributed by atoms with Crippen LogP contribution in [0.5, 0.6) is 5.75 Å². The Bertz CT molecular complexity index is 1160. The van der Waals surface area contributed by atoms with Crippen LogP contribution in [0.25, 0.3) is 32.9 Å². The number of rotatable bonds is 1. The number of methoxy groups -OCH3 is 1. The van der Waals surface area contributed by atoms with Crippen LogP contribution in [0, 0.1) is 0 Å². The van der Waals surface area contributed by atoms with Gasteiger partial charge in [0, 0.05) is 24.6 Å². The van der Waals surface area contributed by atoms with Crippen LogP contribution in [0.2, 0.25) is 0 Å². The zero-order chi connectivity index (χ0) is 17.1. The summed E-state index contributed by atoms with van der Waals surface area (Å²) >= 11 is 0. The third-order valence-corrected chi connectivity index (χ3v) is 5.34. The van der Waals surface area contributed by atoms with Crippen molar-refractivity contribution in [3.05, 3.63) is 60.7 Å². The molecule has 0 N–H and O–H groups in total. The number of ether oxygens (including phenoxy) is 1. The number of benzene rings is 3. The van der Waals surface area contributed by atoms with Crippen molar-refractivity contribution < 1.29 is 9.30 Å². The van der Waals surface area contributed by atoms with Crippen LogP contribution in [0.1, 0.15) is 0 Å². The highest BCUT2D eigenvalue weighted by molar-refractivity contribution is 6.17. The number of anilines is 2. The van der Waals surface area contributed by atoms with E-state index in [2.05, 4.69) is 84.2 Å². The fraction of sp³-hybridized carbons (Fsp3) is 0.136. The lowest BCUT2D eigenvalue weighted by Gasteiger charge is -2.29. The SMILES string of the molecule is COc1cc2c3c([n+](C)c4ccccc4c3c1)-c1ccccc1N2C. The maximum absolute atomic E-state index is 5.61. The van der Waals surface area contributed by atoms with Crippen molar-refractivity contribution in [2.45, 2.75) is 0 Å². The molecule has 0 saturated heterocycles. The Morgan fingerprint density at radius 1 is 0.880 bits per heavy atom. The van der Waals surface area contributed by atoms with Gasteiger partial charge >= 0.3 is 0 Å². The Morgan fingerprint density at radius 3 is 2.48 bits per heavy atom. The first-order valence-electron chi connectivity index (χ1n) is 8.46. The molecule has 25 heavy (non-hydrogen) atoms. The van der Waals surface area contributed by atoms with Crippen LogP contribution in [0.3, 0.4) is 0 Å². The van der Waals surface area contributed by atoms with Crippen LogP contribution in [0.15, 0.2) is 60.7 Å². The fourth-order valence-corrected chi connectivity index (χ4v) is 4.14. The number of pyridine rings is 1. The number of hydrogen-bond donors (Lipinski definition) is 0. The summed E-state index contributed by atoms with van der Waals surface area (Å²) in [5, 5.41) is 3.76. The van der Waals surface area contributed by atoms with Gasteiger partial charge in [-0.15, -0.1) is 0 Å². The summed E-state index contributed by atoms with van der Waals surface area (Å²) in [6, 6.07) is 21.5. The van der Waals surface area contributed by atoms with Gasteiger partial charge in [-0.05, 0) is 24.3 Å². The van der Waals surface area contributed by atoms with Gasteiger partial charge in [0.05, 0.1) is 34.8 Å². The van der Waals surface area contributed by atoms with Crippen molar-refractivity contribution in [1.82, 2.24) is 0 Å². The number of nitrogens with zero attached hydrogens (tertiary/aromatic N) is 2. The van der Waals surface area contributed by atoms with Crippen molar-refractivity contribution in [2.24, 2.45) is 7.05 Å². The monoisotopic (exact) mass is 327 g/mol. The van der Waals surface area contributed by atoms with Crippen LogP contribution >= 0.6 is 0 Å². The molecule has 3 nitrogen and oxygen atoms in total. The summed E-state index contributed by atoms with van der Waals surface area (Å²) in [6.45, 7) is 0. The number of aromatic nitrogens is 1. The average molecular weight is 327 g/mol. The van der Waals surface area contributed by atoms with E-state index in [-0.39, 0.29) is 0 Å². The average Bonchev–Trinajstić information content (AvgIpc) is 2.67. The molecule has 0 amide bonds. The zero-order valence-corrected chi connectivity index (χ0v) is 14.6. The first-order chi connectivity index (χ1) is 12.2. The Labute approximate surface area is 146 Å². The standard InChI is InChI=1S/C22H19N2O/c1-23-19-11-7-5-9-16(19)22-21-17(12-14(25-3)13-20(21)23)15-8-4-6-10-18(15)24(22)2/h4-13H,1-3H3/q+1. The third-order valence-electron chi connectivity index (χ3n) is 5.34. The van der Waals surface area contributed by atoms with Crippen molar-refractivity contribution in [1.29, 1.82) is 0 Å². The molecule has 0 aliphatic carbocycles. The molecular weight excluding hydrogens is 308 g/mol. The molecule has 0 radical (unpaired) electrons. The third kappa shape index (κ3) is 1.78. The molecule has 1 aromatic heterocycles. The van der Waals surface area contributed by atoms with E-state index in [0.717, 1.165) is 5.75 Å². The predicted molar refractivity (Wildman–Crippen MR) is 103 cm³/mol. The summed E-state index contributed by atoms with van der Waals surface area (Å²) in [5.41, 5.74) is 6.16. The van der Waals surface area contributed by atoms with Gasteiger partial charge in [-0.2, -0.15) is 4.57 Å². The lowest BCUT2D eigenvalue weighted by Crippen LogP contribution is -2.34. The molecule has 1 aliphatic rings. The number of aryl methyl sites for hydroxylation is 1. The molecule has 3 heteroatoms. The highest BCUT2D eigenvalue weighted by atomic mass is 16.5. The Morgan fingerprint density at radius 2 is 1.64 bits per heavy atom. The van der Waals surface area contributed by atoms with Gasteiger partial charge in [0.2, 0.25) is 11.2 Å². The normalized spacial score (nSPS) is 12.5. The quantitative estimate of drug-likeness (QED) is 0.376. The first-order valence-corrected chi connectivity index (χ1v) is 8.46. The van der Waals surface area contributed by atoms with E-state index in [9.17, 15) is 0 Å². The summed E-state index contributed by atoms with van der Waals surface area (Å²) in [4.78, 5) is 2.27. The lowest BCUT2D eigenvalue weighted by molar-refractivity contribution is -0.632. The number of para-hydroxylation sites is 2. The topological polar surface area (TPSA) is 16.4 Å². The molecule has 0 spiro atoms. The molecule has 3 aromatic carbocycles. The second kappa shape index (κ2) is 4.96. The molecule has 2 heterocycles. The highest BCUT2D eigenvalue weighted by Gasteiger charge is 2.31. The predicted octanol–water partition coefficient (Wildman–Crippen LogP) is 4.57. The molecular formula is C22H19N2O+. The molecule has 0 unspecified atom stereocenters. The van der Waals surface area contributed by atoms with Crippen LogP contribution < -0.4 is 14.2 Å². The zero-order valence-electron chi connectivity index (χ0n) is 14.6. The van der Waals surface area contributed by atoms with Crippen LogP contribution in [-0.4, -0.2) is 14.2 Å². The van der Waals surface area contributed by atoms with Crippen LogP contribution in [-0.2, 0) is 7.05 Å². The maximum atomic E-state index is 5.61. The van der Waals surface area contributed by atoms with E-state index in [4.69, 9.17) is 4.74 Å². The van der Waals surface area contributed by atoms with E-state index in [1.54, 1.807) is 7.11 Å². The first kappa shape index (κ1) is 14.3. The summed E-state index contributed by atoms with van der Waals surface area (Å²) in [6.07, 6.45) is 0. The van der Waals surface area contributed by atoms with Crippen molar-refractivity contribution >= 4 is 33.1 Å². The Hall–Kier alpha value is -3.07. The van der Waals surface area contributed by atoms with E-state index >= 15 is 0 Å². The molecule has 0 bridgehead atoms.